The van der Waals surface area contributed by atoms with E-state index in [1.54, 1.807) is 4.68 Å². The molecule has 0 atom stereocenters. The Morgan fingerprint density at radius 2 is 2.06 bits per heavy atom. The molecule has 0 aromatic carbocycles. The number of aliphatic hydroxyl groups is 1. The van der Waals surface area contributed by atoms with Crippen molar-refractivity contribution >= 4 is 11.8 Å². The quantitative estimate of drug-likeness (QED) is 0.685. The summed E-state index contributed by atoms with van der Waals surface area (Å²) >= 11 is 0. The third-order valence-electron chi connectivity index (χ3n) is 3.08. The van der Waals surface area contributed by atoms with E-state index in [-0.39, 0.29) is 23.5 Å². The van der Waals surface area contributed by atoms with Crippen molar-refractivity contribution in [3.63, 3.8) is 0 Å². The zero-order valence-corrected chi connectivity index (χ0v) is 8.83. The highest BCUT2D eigenvalue weighted by molar-refractivity contribution is 5.92. The molecule has 6 heteroatoms. The number of carbonyl (C=O) groups is 1. The first kappa shape index (κ1) is 10.9. The van der Waals surface area contributed by atoms with Crippen LogP contribution in [0.2, 0.25) is 0 Å². The van der Waals surface area contributed by atoms with E-state index in [9.17, 15) is 9.90 Å². The summed E-state index contributed by atoms with van der Waals surface area (Å²) in [5.41, 5.74) is 5.77. The molecule has 0 spiro atoms. The van der Waals surface area contributed by atoms with Gasteiger partial charge in [0.05, 0.1) is 18.3 Å². The van der Waals surface area contributed by atoms with Gasteiger partial charge in [-0.25, -0.2) is 9.48 Å². The van der Waals surface area contributed by atoms with E-state index >= 15 is 0 Å². The van der Waals surface area contributed by atoms with E-state index < -0.39 is 5.97 Å². The highest BCUT2D eigenvalue weighted by atomic mass is 16.4. The van der Waals surface area contributed by atoms with Crippen LogP contribution in [0.1, 0.15) is 42.1 Å². The number of hydrogen-bond donors (Lipinski definition) is 3. The lowest BCUT2D eigenvalue weighted by Crippen LogP contribution is -2.23. The van der Waals surface area contributed by atoms with Crippen LogP contribution in [0, 0.1) is 0 Å². The van der Waals surface area contributed by atoms with Crippen LogP contribution in [-0.4, -0.2) is 32.1 Å². The summed E-state index contributed by atoms with van der Waals surface area (Å²) in [5, 5.41) is 22.2. The van der Waals surface area contributed by atoms with Crippen molar-refractivity contribution in [1.82, 2.24) is 9.78 Å². The van der Waals surface area contributed by atoms with Gasteiger partial charge in [0, 0.05) is 0 Å². The number of nitrogen functional groups attached to an aromatic ring is 1. The van der Waals surface area contributed by atoms with E-state index in [4.69, 9.17) is 10.8 Å². The van der Waals surface area contributed by atoms with E-state index in [0.29, 0.717) is 12.8 Å². The Morgan fingerprint density at radius 3 is 2.56 bits per heavy atom. The van der Waals surface area contributed by atoms with Crippen LogP contribution in [0.4, 0.5) is 5.82 Å². The molecule has 1 aliphatic carbocycles. The number of carboxylic acids is 1. The molecule has 0 amide bonds. The number of aliphatic hydroxyl groups excluding tert-OH is 1. The molecule has 1 fully saturated rings. The van der Waals surface area contributed by atoms with Gasteiger partial charge in [-0.15, -0.1) is 0 Å². The Kier molecular flexibility index (Phi) is 2.82. The molecule has 1 aromatic heterocycles. The van der Waals surface area contributed by atoms with Gasteiger partial charge in [0.25, 0.3) is 0 Å². The lowest BCUT2D eigenvalue weighted by molar-refractivity contribution is 0.0697. The number of aromatic carboxylic acids is 1. The normalized spacial score (nSPS) is 25.6. The summed E-state index contributed by atoms with van der Waals surface area (Å²) in [4.78, 5) is 10.8. The van der Waals surface area contributed by atoms with Crippen molar-refractivity contribution in [3.05, 3.63) is 11.8 Å². The Bertz CT molecular complexity index is 394. The molecule has 2 rings (SSSR count). The van der Waals surface area contributed by atoms with Gasteiger partial charge in [-0.3, -0.25) is 0 Å². The van der Waals surface area contributed by atoms with Gasteiger partial charge in [-0.05, 0) is 25.7 Å². The summed E-state index contributed by atoms with van der Waals surface area (Å²) in [5.74, 6) is -0.853. The number of aromatic nitrogens is 2. The summed E-state index contributed by atoms with van der Waals surface area (Å²) in [7, 11) is 0. The first-order chi connectivity index (χ1) is 7.59. The minimum absolute atomic E-state index is 0.0473. The molecule has 1 aliphatic rings. The maximum Gasteiger partial charge on any atom is 0.341 e. The van der Waals surface area contributed by atoms with Crippen molar-refractivity contribution in [2.75, 3.05) is 5.73 Å². The third-order valence-corrected chi connectivity index (χ3v) is 3.08. The number of hydrogen-bond acceptors (Lipinski definition) is 4. The lowest BCUT2D eigenvalue weighted by Gasteiger charge is -2.26. The van der Waals surface area contributed by atoms with Crippen molar-refractivity contribution in [3.8, 4) is 0 Å². The van der Waals surface area contributed by atoms with Crippen molar-refractivity contribution in [2.24, 2.45) is 0 Å². The average Bonchev–Trinajstić information content (AvgIpc) is 2.61. The van der Waals surface area contributed by atoms with Crippen LogP contribution < -0.4 is 5.73 Å². The molecular formula is C10H15N3O3. The molecule has 0 saturated heterocycles. The highest BCUT2D eigenvalue weighted by Gasteiger charge is 2.24. The largest absolute Gasteiger partial charge is 0.477 e. The first-order valence-electron chi connectivity index (χ1n) is 5.34. The molecular weight excluding hydrogens is 210 g/mol. The van der Waals surface area contributed by atoms with Crippen molar-refractivity contribution < 1.29 is 15.0 Å². The second-order valence-corrected chi connectivity index (χ2v) is 4.16. The number of nitrogens with two attached hydrogens (primary N) is 1. The molecule has 16 heavy (non-hydrogen) atoms. The Hall–Kier alpha value is -1.56. The number of anilines is 1. The Balaban J connectivity index is 2.18. The highest BCUT2D eigenvalue weighted by Crippen LogP contribution is 2.30. The van der Waals surface area contributed by atoms with Crippen LogP contribution in [-0.2, 0) is 0 Å². The molecule has 0 bridgehead atoms. The topological polar surface area (TPSA) is 101 Å². The average molecular weight is 225 g/mol. The van der Waals surface area contributed by atoms with Crippen molar-refractivity contribution in [1.29, 1.82) is 0 Å². The molecule has 1 aromatic rings. The van der Waals surface area contributed by atoms with E-state index in [1.807, 2.05) is 0 Å². The van der Waals surface area contributed by atoms with Gasteiger partial charge in [0.15, 0.2) is 0 Å². The second-order valence-electron chi connectivity index (χ2n) is 4.16. The van der Waals surface area contributed by atoms with Gasteiger partial charge in [0.1, 0.15) is 11.4 Å². The maximum absolute atomic E-state index is 10.8. The fourth-order valence-electron chi connectivity index (χ4n) is 2.13. The molecule has 1 heterocycles. The second kappa shape index (κ2) is 4.13. The van der Waals surface area contributed by atoms with Gasteiger partial charge in [-0.2, -0.15) is 5.10 Å². The number of carboxylic acid groups (broad SMARTS) is 1. The summed E-state index contributed by atoms with van der Waals surface area (Å²) in [6.07, 6.45) is 4.03. The summed E-state index contributed by atoms with van der Waals surface area (Å²) in [6, 6.07) is 0.108. The fraction of sp³-hybridized carbons (Fsp3) is 0.600. The fourth-order valence-corrected chi connectivity index (χ4v) is 2.13. The molecule has 1 saturated carbocycles. The van der Waals surface area contributed by atoms with E-state index in [0.717, 1.165) is 12.8 Å². The van der Waals surface area contributed by atoms with Gasteiger partial charge < -0.3 is 15.9 Å². The number of nitrogens with zero attached hydrogens (tertiary/aromatic N) is 2. The number of rotatable bonds is 2. The predicted molar refractivity (Wildman–Crippen MR) is 57.1 cm³/mol. The first-order valence-corrected chi connectivity index (χ1v) is 5.34. The van der Waals surface area contributed by atoms with E-state index in [1.165, 1.54) is 6.20 Å². The van der Waals surface area contributed by atoms with Crippen LogP contribution in [0.15, 0.2) is 6.20 Å². The zero-order valence-electron chi connectivity index (χ0n) is 8.83. The van der Waals surface area contributed by atoms with Gasteiger partial charge in [-0.1, -0.05) is 0 Å². The van der Waals surface area contributed by atoms with E-state index in [2.05, 4.69) is 5.10 Å². The molecule has 88 valence electrons. The SMILES string of the molecule is Nc1c(C(=O)O)cnn1C1CCC(O)CC1. The minimum Gasteiger partial charge on any atom is -0.477 e. The summed E-state index contributed by atoms with van der Waals surface area (Å²) in [6.45, 7) is 0. The molecule has 0 unspecified atom stereocenters. The van der Waals surface area contributed by atoms with Gasteiger partial charge >= 0.3 is 5.97 Å². The lowest BCUT2D eigenvalue weighted by atomic mass is 9.93. The monoisotopic (exact) mass is 225 g/mol. The minimum atomic E-state index is -1.06. The third kappa shape index (κ3) is 1.88. The molecule has 6 nitrogen and oxygen atoms in total. The van der Waals surface area contributed by atoms with Crippen LogP contribution in [0.5, 0.6) is 0 Å². The molecule has 0 radical (unpaired) electrons. The predicted octanol–water partition coefficient (Wildman–Crippen LogP) is 0.639. The van der Waals surface area contributed by atoms with Crippen molar-refractivity contribution in [2.45, 2.75) is 37.8 Å². The van der Waals surface area contributed by atoms with Gasteiger partial charge in [0.2, 0.25) is 0 Å². The summed E-state index contributed by atoms with van der Waals surface area (Å²) < 4.78 is 1.56. The van der Waals surface area contributed by atoms with Crippen LogP contribution in [0.25, 0.3) is 0 Å². The smallest absolute Gasteiger partial charge is 0.341 e. The Morgan fingerprint density at radius 1 is 1.44 bits per heavy atom. The van der Waals surface area contributed by atoms with Crippen LogP contribution in [0.3, 0.4) is 0 Å². The molecule has 4 N–H and O–H groups in total. The van der Waals surface area contributed by atoms with Crippen LogP contribution >= 0.6 is 0 Å². The standard InChI is InChI=1S/C10H15N3O3/c11-9-8(10(15)16)5-12-13(9)6-1-3-7(14)4-2-6/h5-7,14H,1-4,11H2,(H,15,16). The zero-order chi connectivity index (χ0) is 11.7. The Labute approximate surface area is 92.7 Å². The maximum atomic E-state index is 10.8. The molecule has 0 aliphatic heterocycles.